The van der Waals surface area contributed by atoms with Gasteiger partial charge in [0.15, 0.2) is 5.65 Å². The SMILES string of the molecule is O=C(c1cnc2c(c1)ncn2C1CC1)N1CCN2CCOCC2C1. The fraction of sp³-hybridized carbons (Fsp3) is 0.588. The van der Waals surface area contributed by atoms with Crippen molar-refractivity contribution in [3.05, 3.63) is 24.2 Å². The van der Waals surface area contributed by atoms with Gasteiger partial charge < -0.3 is 14.2 Å². The van der Waals surface area contributed by atoms with E-state index in [4.69, 9.17) is 4.74 Å². The summed E-state index contributed by atoms with van der Waals surface area (Å²) in [6.07, 6.45) is 5.94. The van der Waals surface area contributed by atoms with Gasteiger partial charge in [-0.05, 0) is 18.9 Å². The predicted octanol–water partition coefficient (Wildman–Crippen LogP) is 0.923. The van der Waals surface area contributed by atoms with Crippen LogP contribution in [0.5, 0.6) is 0 Å². The molecule has 126 valence electrons. The molecule has 5 rings (SSSR count). The molecule has 2 aliphatic heterocycles. The zero-order valence-electron chi connectivity index (χ0n) is 13.6. The number of imidazole rings is 1. The van der Waals surface area contributed by atoms with E-state index in [1.807, 2.05) is 17.3 Å². The van der Waals surface area contributed by atoms with E-state index >= 15 is 0 Å². The van der Waals surface area contributed by atoms with Crippen LogP contribution >= 0.6 is 0 Å². The number of aromatic nitrogens is 3. The zero-order valence-corrected chi connectivity index (χ0v) is 13.6. The molecule has 0 spiro atoms. The molecule has 0 radical (unpaired) electrons. The Morgan fingerprint density at radius 2 is 2.08 bits per heavy atom. The third kappa shape index (κ3) is 2.39. The number of carbonyl (C=O) groups is 1. The molecule has 7 heteroatoms. The van der Waals surface area contributed by atoms with E-state index in [0.717, 1.165) is 43.9 Å². The summed E-state index contributed by atoms with van der Waals surface area (Å²) < 4.78 is 7.68. The van der Waals surface area contributed by atoms with Gasteiger partial charge in [-0.3, -0.25) is 9.69 Å². The zero-order chi connectivity index (χ0) is 16.1. The van der Waals surface area contributed by atoms with E-state index in [-0.39, 0.29) is 5.91 Å². The fourth-order valence-corrected chi connectivity index (χ4v) is 3.77. The quantitative estimate of drug-likeness (QED) is 0.821. The highest BCUT2D eigenvalue weighted by Gasteiger charge is 2.32. The number of pyridine rings is 1. The van der Waals surface area contributed by atoms with Crippen LogP contribution in [0.3, 0.4) is 0 Å². The number of morpholine rings is 1. The lowest BCUT2D eigenvalue weighted by atomic mass is 10.1. The van der Waals surface area contributed by atoms with Gasteiger partial charge in [0.2, 0.25) is 0 Å². The van der Waals surface area contributed by atoms with Crippen molar-refractivity contribution in [2.45, 2.75) is 24.9 Å². The topological polar surface area (TPSA) is 63.5 Å². The highest BCUT2D eigenvalue weighted by atomic mass is 16.5. The molecule has 3 aliphatic rings. The van der Waals surface area contributed by atoms with E-state index in [2.05, 4.69) is 19.4 Å². The lowest BCUT2D eigenvalue weighted by molar-refractivity contribution is -0.0395. The van der Waals surface area contributed by atoms with Crippen LogP contribution in [0, 0.1) is 0 Å². The standard InChI is InChI=1S/C17H21N5O2/c23-17(21-4-3-20-5-6-24-10-14(20)9-21)12-7-15-16(18-8-12)22(11-19-15)13-1-2-13/h7-8,11,13-14H,1-6,9-10H2. The third-order valence-electron chi connectivity index (χ3n) is 5.33. The van der Waals surface area contributed by atoms with Crippen LogP contribution in [-0.4, -0.2) is 75.7 Å². The molecule has 7 nitrogen and oxygen atoms in total. The lowest BCUT2D eigenvalue weighted by Crippen LogP contribution is -2.59. The smallest absolute Gasteiger partial charge is 0.255 e. The Bertz CT molecular complexity index is 784. The van der Waals surface area contributed by atoms with Crippen LogP contribution in [0.4, 0.5) is 0 Å². The normalized spacial score (nSPS) is 25.0. The van der Waals surface area contributed by atoms with Gasteiger partial charge in [-0.2, -0.15) is 0 Å². The van der Waals surface area contributed by atoms with Gasteiger partial charge in [-0.15, -0.1) is 0 Å². The molecule has 2 saturated heterocycles. The average molecular weight is 327 g/mol. The number of hydrogen-bond acceptors (Lipinski definition) is 5. The van der Waals surface area contributed by atoms with Crippen LogP contribution in [0.1, 0.15) is 29.2 Å². The fourth-order valence-electron chi connectivity index (χ4n) is 3.77. The van der Waals surface area contributed by atoms with Crippen LogP contribution in [0.2, 0.25) is 0 Å². The summed E-state index contributed by atoms with van der Waals surface area (Å²) in [5, 5.41) is 0. The van der Waals surface area contributed by atoms with Gasteiger partial charge >= 0.3 is 0 Å². The molecule has 1 amide bonds. The van der Waals surface area contributed by atoms with Crippen LogP contribution in [0.25, 0.3) is 11.2 Å². The van der Waals surface area contributed by atoms with Gasteiger partial charge in [-0.25, -0.2) is 9.97 Å². The number of rotatable bonds is 2. The van der Waals surface area contributed by atoms with Crippen LogP contribution in [-0.2, 0) is 4.74 Å². The molecule has 24 heavy (non-hydrogen) atoms. The lowest BCUT2D eigenvalue weighted by Gasteiger charge is -2.43. The van der Waals surface area contributed by atoms with Crippen molar-refractivity contribution < 1.29 is 9.53 Å². The summed E-state index contributed by atoms with van der Waals surface area (Å²) in [4.78, 5) is 26.2. The number of carbonyl (C=O) groups excluding carboxylic acids is 1. The summed E-state index contributed by atoms with van der Waals surface area (Å²) in [6, 6.07) is 2.75. The molecule has 2 aromatic heterocycles. The number of ether oxygens (including phenoxy) is 1. The molecule has 1 saturated carbocycles. The van der Waals surface area contributed by atoms with Crippen molar-refractivity contribution in [3.8, 4) is 0 Å². The highest BCUT2D eigenvalue weighted by Crippen LogP contribution is 2.36. The second kappa shape index (κ2) is 5.53. The number of amides is 1. The van der Waals surface area contributed by atoms with E-state index in [1.165, 1.54) is 12.8 Å². The Morgan fingerprint density at radius 3 is 2.96 bits per heavy atom. The van der Waals surface area contributed by atoms with Gasteiger partial charge in [0.05, 0.1) is 31.1 Å². The Balaban J connectivity index is 1.37. The minimum Gasteiger partial charge on any atom is -0.378 e. The molecule has 0 N–H and O–H groups in total. The summed E-state index contributed by atoms with van der Waals surface area (Å²) >= 11 is 0. The Morgan fingerprint density at radius 1 is 1.17 bits per heavy atom. The highest BCUT2D eigenvalue weighted by molar-refractivity contribution is 5.96. The average Bonchev–Trinajstić information content (AvgIpc) is 3.39. The van der Waals surface area contributed by atoms with E-state index < -0.39 is 0 Å². The maximum Gasteiger partial charge on any atom is 0.255 e. The first-order valence-electron chi connectivity index (χ1n) is 8.73. The predicted molar refractivity (Wildman–Crippen MR) is 87.9 cm³/mol. The first-order chi connectivity index (χ1) is 11.8. The van der Waals surface area contributed by atoms with E-state index in [0.29, 0.717) is 24.3 Å². The number of nitrogens with zero attached hydrogens (tertiary/aromatic N) is 5. The van der Waals surface area contributed by atoms with Gasteiger partial charge in [0.1, 0.15) is 5.52 Å². The largest absolute Gasteiger partial charge is 0.378 e. The molecule has 1 aliphatic carbocycles. The second-order valence-electron chi connectivity index (χ2n) is 6.97. The Labute approximate surface area is 140 Å². The van der Waals surface area contributed by atoms with Crippen LogP contribution < -0.4 is 0 Å². The molecule has 4 heterocycles. The molecule has 3 fully saturated rings. The summed E-state index contributed by atoms with van der Waals surface area (Å²) in [7, 11) is 0. The number of fused-ring (bicyclic) bond motifs is 2. The minimum atomic E-state index is 0.0515. The molecular formula is C17H21N5O2. The number of hydrogen-bond donors (Lipinski definition) is 0. The second-order valence-corrected chi connectivity index (χ2v) is 6.97. The van der Waals surface area contributed by atoms with Gasteiger partial charge in [-0.1, -0.05) is 0 Å². The van der Waals surface area contributed by atoms with E-state index in [1.54, 1.807) is 6.20 Å². The maximum absolute atomic E-state index is 12.9. The Hall–Kier alpha value is -1.99. The number of piperazine rings is 1. The first kappa shape index (κ1) is 14.4. The molecule has 0 aromatic carbocycles. The summed E-state index contributed by atoms with van der Waals surface area (Å²) in [5.41, 5.74) is 2.33. The van der Waals surface area contributed by atoms with Crippen molar-refractivity contribution in [3.63, 3.8) is 0 Å². The molecule has 1 atom stereocenters. The summed E-state index contributed by atoms with van der Waals surface area (Å²) in [5.74, 6) is 0.0515. The Kier molecular flexibility index (Phi) is 3.31. The van der Waals surface area contributed by atoms with Crippen molar-refractivity contribution >= 4 is 17.1 Å². The molecule has 2 aromatic rings. The van der Waals surface area contributed by atoms with Gasteiger partial charge in [0, 0.05) is 38.4 Å². The summed E-state index contributed by atoms with van der Waals surface area (Å²) in [6.45, 7) is 4.91. The van der Waals surface area contributed by atoms with Crippen molar-refractivity contribution in [1.82, 2.24) is 24.3 Å². The van der Waals surface area contributed by atoms with Gasteiger partial charge in [0.25, 0.3) is 5.91 Å². The third-order valence-corrected chi connectivity index (χ3v) is 5.33. The molecule has 1 unspecified atom stereocenters. The molecular weight excluding hydrogens is 306 g/mol. The molecule has 0 bridgehead atoms. The first-order valence-corrected chi connectivity index (χ1v) is 8.73. The van der Waals surface area contributed by atoms with Crippen molar-refractivity contribution in [2.75, 3.05) is 39.4 Å². The maximum atomic E-state index is 12.9. The minimum absolute atomic E-state index is 0.0515. The van der Waals surface area contributed by atoms with E-state index in [9.17, 15) is 4.79 Å². The van der Waals surface area contributed by atoms with Crippen molar-refractivity contribution in [1.29, 1.82) is 0 Å². The van der Waals surface area contributed by atoms with Crippen LogP contribution in [0.15, 0.2) is 18.6 Å². The van der Waals surface area contributed by atoms with Crippen molar-refractivity contribution in [2.24, 2.45) is 0 Å². The monoisotopic (exact) mass is 327 g/mol.